The molecule has 3 aromatic heterocycles. The first-order valence-electron chi connectivity index (χ1n) is 8.51. The molecule has 28 heavy (non-hydrogen) atoms. The van der Waals surface area contributed by atoms with Crippen LogP contribution in [0.25, 0.3) is 22.6 Å². The number of nitrogens with one attached hydrogen (secondary N) is 2. The van der Waals surface area contributed by atoms with Gasteiger partial charge in [-0.05, 0) is 49.4 Å². The number of anilines is 1. The van der Waals surface area contributed by atoms with Crippen molar-refractivity contribution < 1.29 is 18.5 Å². The Kier molecular flexibility index (Phi) is 4.36. The molecule has 0 fully saturated rings. The quantitative estimate of drug-likeness (QED) is 0.565. The summed E-state index contributed by atoms with van der Waals surface area (Å²) in [5, 5.41) is 9.83. The molecular weight excluding hydrogens is 360 g/mol. The van der Waals surface area contributed by atoms with Gasteiger partial charge in [0.2, 0.25) is 0 Å². The first-order valence-corrected chi connectivity index (χ1v) is 8.51. The minimum absolute atomic E-state index is 0.197. The highest BCUT2D eigenvalue weighted by atomic mass is 16.5. The number of nitrogens with zero attached hydrogens (tertiary/aromatic N) is 2. The zero-order chi connectivity index (χ0) is 19.7. The Morgan fingerprint density at radius 2 is 1.86 bits per heavy atom. The van der Waals surface area contributed by atoms with Gasteiger partial charge in [0, 0.05) is 18.3 Å². The summed E-state index contributed by atoms with van der Waals surface area (Å²) in [4.78, 5) is 29.0. The maximum absolute atomic E-state index is 13.0. The van der Waals surface area contributed by atoms with Crippen molar-refractivity contribution in [3.8, 4) is 11.5 Å². The number of aromatic nitrogens is 2. The molecule has 0 atom stereocenters. The van der Waals surface area contributed by atoms with Crippen molar-refractivity contribution in [3.63, 3.8) is 0 Å². The van der Waals surface area contributed by atoms with E-state index in [-0.39, 0.29) is 17.5 Å². The van der Waals surface area contributed by atoms with E-state index >= 15 is 0 Å². The fourth-order valence-electron chi connectivity index (χ4n) is 2.87. The van der Waals surface area contributed by atoms with E-state index in [0.717, 1.165) is 0 Å². The van der Waals surface area contributed by atoms with Gasteiger partial charge in [0.15, 0.2) is 5.76 Å². The third kappa shape index (κ3) is 3.11. The second-order valence-electron chi connectivity index (χ2n) is 6.09. The van der Waals surface area contributed by atoms with Crippen LogP contribution in [-0.4, -0.2) is 29.0 Å². The minimum Gasteiger partial charge on any atom is -0.463 e. The lowest BCUT2D eigenvalue weighted by atomic mass is 10.1. The maximum Gasteiger partial charge on any atom is 0.259 e. The number of carbonyl (C=O) groups is 2. The molecule has 140 valence electrons. The van der Waals surface area contributed by atoms with E-state index in [0.29, 0.717) is 39.3 Å². The summed E-state index contributed by atoms with van der Waals surface area (Å²) >= 11 is 0. The third-order valence-corrected chi connectivity index (χ3v) is 4.27. The highest BCUT2D eigenvalue weighted by Gasteiger charge is 2.20. The van der Waals surface area contributed by atoms with E-state index in [2.05, 4.69) is 20.8 Å². The van der Waals surface area contributed by atoms with Crippen LogP contribution in [0.2, 0.25) is 0 Å². The van der Waals surface area contributed by atoms with Crippen molar-refractivity contribution in [1.29, 1.82) is 0 Å². The number of amides is 2. The second kappa shape index (κ2) is 6.99. The molecule has 0 aliphatic heterocycles. The standard InChI is InChI=1S/C20H16N4O4/c1-11-17-14(10-15(16-4-3-9-27-16)23-20(17)28-24-11)19(26)22-13-7-5-12(6-8-13)18(25)21-2/h3-10H,1-2H3,(H,21,25)(H,22,26). The van der Waals surface area contributed by atoms with Crippen molar-refractivity contribution in [2.45, 2.75) is 6.92 Å². The van der Waals surface area contributed by atoms with Gasteiger partial charge in [0.05, 0.1) is 22.9 Å². The van der Waals surface area contributed by atoms with Crippen LogP contribution in [0.5, 0.6) is 0 Å². The fraction of sp³-hybridized carbons (Fsp3) is 0.100. The lowest BCUT2D eigenvalue weighted by Crippen LogP contribution is -2.18. The Morgan fingerprint density at radius 3 is 2.54 bits per heavy atom. The molecule has 1 aromatic carbocycles. The van der Waals surface area contributed by atoms with Crippen LogP contribution in [0.3, 0.4) is 0 Å². The SMILES string of the molecule is CNC(=O)c1ccc(NC(=O)c2cc(-c3ccco3)nc3onc(C)c23)cc1. The molecule has 0 aliphatic rings. The van der Waals surface area contributed by atoms with Crippen LogP contribution in [0, 0.1) is 6.92 Å². The van der Waals surface area contributed by atoms with Gasteiger partial charge >= 0.3 is 0 Å². The largest absolute Gasteiger partial charge is 0.463 e. The predicted molar refractivity (Wildman–Crippen MR) is 102 cm³/mol. The molecule has 2 amide bonds. The van der Waals surface area contributed by atoms with E-state index in [1.165, 1.54) is 6.26 Å². The van der Waals surface area contributed by atoms with Crippen LogP contribution >= 0.6 is 0 Å². The monoisotopic (exact) mass is 376 g/mol. The summed E-state index contributed by atoms with van der Waals surface area (Å²) in [6.07, 6.45) is 1.53. The summed E-state index contributed by atoms with van der Waals surface area (Å²) < 4.78 is 10.6. The average Bonchev–Trinajstić information content (AvgIpc) is 3.37. The lowest BCUT2D eigenvalue weighted by molar-refractivity contribution is 0.0962. The molecule has 0 bridgehead atoms. The molecule has 0 radical (unpaired) electrons. The topological polar surface area (TPSA) is 110 Å². The minimum atomic E-state index is -0.348. The molecule has 2 N–H and O–H groups in total. The van der Waals surface area contributed by atoms with Gasteiger partial charge in [0.1, 0.15) is 5.69 Å². The summed E-state index contributed by atoms with van der Waals surface area (Å²) in [7, 11) is 1.56. The Bertz CT molecular complexity index is 1160. The highest BCUT2D eigenvalue weighted by molar-refractivity contribution is 6.13. The number of benzene rings is 1. The van der Waals surface area contributed by atoms with Crippen LogP contribution in [-0.2, 0) is 0 Å². The number of fused-ring (bicyclic) bond motifs is 1. The molecule has 0 aliphatic carbocycles. The van der Waals surface area contributed by atoms with Gasteiger partial charge in [-0.1, -0.05) is 5.16 Å². The van der Waals surface area contributed by atoms with Gasteiger partial charge in [-0.25, -0.2) is 4.98 Å². The summed E-state index contributed by atoms with van der Waals surface area (Å²) in [5.41, 5.74) is 2.71. The molecule has 4 rings (SSSR count). The Morgan fingerprint density at radius 1 is 1.07 bits per heavy atom. The van der Waals surface area contributed by atoms with E-state index in [1.54, 1.807) is 56.4 Å². The van der Waals surface area contributed by atoms with Gasteiger partial charge < -0.3 is 19.6 Å². The van der Waals surface area contributed by atoms with Crippen molar-refractivity contribution in [1.82, 2.24) is 15.5 Å². The van der Waals surface area contributed by atoms with Gasteiger partial charge in [-0.3, -0.25) is 9.59 Å². The lowest BCUT2D eigenvalue weighted by Gasteiger charge is -2.08. The number of carbonyl (C=O) groups excluding carboxylic acids is 2. The number of aryl methyl sites for hydroxylation is 1. The van der Waals surface area contributed by atoms with Crippen molar-refractivity contribution in [2.75, 3.05) is 12.4 Å². The molecule has 8 nitrogen and oxygen atoms in total. The van der Waals surface area contributed by atoms with E-state index in [4.69, 9.17) is 8.94 Å². The van der Waals surface area contributed by atoms with E-state index < -0.39 is 0 Å². The normalized spacial score (nSPS) is 10.8. The molecule has 4 aromatic rings. The number of furan rings is 1. The zero-order valence-electron chi connectivity index (χ0n) is 15.1. The maximum atomic E-state index is 13.0. The number of hydrogen-bond donors (Lipinski definition) is 2. The molecule has 0 spiro atoms. The molecular formula is C20H16N4O4. The highest BCUT2D eigenvalue weighted by Crippen LogP contribution is 2.28. The van der Waals surface area contributed by atoms with E-state index in [1.807, 2.05) is 0 Å². The van der Waals surface area contributed by atoms with Crippen molar-refractivity contribution >= 4 is 28.6 Å². The zero-order valence-corrected chi connectivity index (χ0v) is 15.1. The summed E-state index contributed by atoms with van der Waals surface area (Å²) in [6.45, 7) is 1.75. The molecule has 0 saturated carbocycles. The third-order valence-electron chi connectivity index (χ3n) is 4.27. The second-order valence-corrected chi connectivity index (χ2v) is 6.09. The van der Waals surface area contributed by atoms with Crippen LogP contribution < -0.4 is 10.6 Å². The van der Waals surface area contributed by atoms with Crippen molar-refractivity contribution in [3.05, 3.63) is 65.5 Å². The smallest absolute Gasteiger partial charge is 0.259 e. The first-order chi connectivity index (χ1) is 13.6. The molecule has 3 heterocycles. The molecule has 0 unspecified atom stereocenters. The van der Waals surface area contributed by atoms with Gasteiger partial charge in [-0.2, -0.15) is 0 Å². The molecule has 8 heteroatoms. The van der Waals surface area contributed by atoms with Gasteiger partial charge in [0.25, 0.3) is 17.5 Å². The Hall–Kier alpha value is -3.94. The number of pyridine rings is 1. The van der Waals surface area contributed by atoms with Crippen LogP contribution in [0.1, 0.15) is 26.4 Å². The average molecular weight is 376 g/mol. The number of rotatable bonds is 4. The Labute approximate surface area is 159 Å². The number of hydrogen-bond acceptors (Lipinski definition) is 6. The van der Waals surface area contributed by atoms with E-state index in [9.17, 15) is 9.59 Å². The van der Waals surface area contributed by atoms with Gasteiger partial charge in [-0.15, -0.1) is 0 Å². The summed E-state index contributed by atoms with van der Waals surface area (Å²) in [5.74, 6) is -0.0314. The molecule has 0 saturated heterocycles. The summed E-state index contributed by atoms with van der Waals surface area (Å²) in [6, 6.07) is 11.7. The fourth-order valence-corrected chi connectivity index (χ4v) is 2.87. The Balaban J connectivity index is 1.70. The van der Waals surface area contributed by atoms with Crippen LogP contribution in [0.4, 0.5) is 5.69 Å². The van der Waals surface area contributed by atoms with Crippen LogP contribution in [0.15, 0.2) is 57.7 Å². The van der Waals surface area contributed by atoms with Crippen molar-refractivity contribution in [2.24, 2.45) is 0 Å². The first kappa shape index (κ1) is 17.5. The predicted octanol–water partition coefficient (Wildman–Crippen LogP) is 3.40.